The van der Waals surface area contributed by atoms with E-state index >= 15 is 0 Å². The molecule has 4 N–H and O–H groups in total. The molecule has 5 rings (SSSR count). The summed E-state index contributed by atoms with van der Waals surface area (Å²) in [5.74, 6) is -3.06. The number of carboxylic acids is 1. The lowest BCUT2D eigenvalue weighted by Gasteiger charge is -2.32. The first kappa shape index (κ1) is 30.7. The maximum atomic E-state index is 14.6. The number of ether oxygens (including phenoxy) is 1. The Kier molecular flexibility index (Phi) is 8.46. The smallest absolute Gasteiger partial charge is 0.309 e. The Labute approximate surface area is 254 Å². The van der Waals surface area contributed by atoms with Crippen LogP contribution in [0.1, 0.15) is 43.5 Å². The number of fused-ring (bicyclic) bond motifs is 1. The normalized spacial score (nSPS) is 17.5. The van der Waals surface area contributed by atoms with E-state index in [-0.39, 0.29) is 29.2 Å². The molecule has 10 nitrogen and oxygen atoms in total. The van der Waals surface area contributed by atoms with Gasteiger partial charge in [-0.05, 0) is 79.2 Å². The molecule has 3 aromatic carbocycles. The van der Waals surface area contributed by atoms with Crippen LogP contribution >= 0.6 is 0 Å². The molecule has 0 radical (unpaired) electrons. The highest BCUT2D eigenvalue weighted by molar-refractivity contribution is 7.92. The fourth-order valence-electron chi connectivity index (χ4n) is 5.69. The van der Waals surface area contributed by atoms with Crippen molar-refractivity contribution in [1.82, 2.24) is 9.88 Å². The summed E-state index contributed by atoms with van der Waals surface area (Å²) < 4.78 is 46.4. The first-order valence-electron chi connectivity index (χ1n) is 14.0. The zero-order chi connectivity index (χ0) is 31.8. The van der Waals surface area contributed by atoms with Crippen molar-refractivity contribution in [1.29, 1.82) is 0 Å². The molecule has 1 aliphatic heterocycles. The molecule has 2 heterocycles. The molecule has 0 saturated carbocycles. The summed E-state index contributed by atoms with van der Waals surface area (Å²) in [6, 6.07) is 15.1. The van der Waals surface area contributed by atoms with Gasteiger partial charge in [0.1, 0.15) is 11.9 Å². The first-order chi connectivity index (χ1) is 20.9. The molecular formula is C32H33FN4O6S. The lowest BCUT2D eigenvalue weighted by atomic mass is 9.93. The van der Waals surface area contributed by atoms with Crippen LogP contribution in [0.2, 0.25) is 0 Å². The summed E-state index contributed by atoms with van der Waals surface area (Å²) in [6.45, 7) is 3.16. The van der Waals surface area contributed by atoms with Gasteiger partial charge in [0.2, 0.25) is 5.91 Å². The Balaban J connectivity index is 1.63. The van der Waals surface area contributed by atoms with E-state index < -0.39 is 50.8 Å². The molecule has 1 amide bonds. The van der Waals surface area contributed by atoms with Crippen LogP contribution < -0.4 is 15.8 Å². The van der Waals surface area contributed by atoms with Gasteiger partial charge >= 0.3 is 5.97 Å². The number of sulfone groups is 1. The average Bonchev–Trinajstić information content (AvgIpc) is 3.45. The second-order valence-electron chi connectivity index (χ2n) is 10.9. The highest BCUT2D eigenvalue weighted by atomic mass is 32.2. The molecule has 1 fully saturated rings. The number of nitrogens with zero attached hydrogens (tertiary/aromatic N) is 2. The fourth-order valence-corrected chi connectivity index (χ4v) is 6.98. The van der Waals surface area contributed by atoms with Crippen molar-refractivity contribution in [3.63, 3.8) is 0 Å². The number of hydrogen-bond donors (Lipinski definition) is 3. The fraction of sp³-hybridized carbons (Fsp3) is 0.281. The summed E-state index contributed by atoms with van der Waals surface area (Å²) in [5, 5.41) is 14.1. The van der Waals surface area contributed by atoms with Gasteiger partial charge in [0.15, 0.2) is 21.4 Å². The minimum atomic E-state index is -3.82. The molecule has 1 saturated heterocycles. The maximum absolute atomic E-state index is 14.6. The largest absolute Gasteiger partial charge is 0.494 e. The minimum Gasteiger partial charge on any atom is -0.494 e. The first-order valence-corrected chi connectivity index (χ1v) is 15.6. The summed E-state index contributed by atoms with van der Waals surface area (Å²) in [6.07, 6.45) is 1.68. The Hall–Kier alpha value is -4.71. The maximum Gasteiger partial charge on any atom is 0.309 e. The van der Waals surface area contributed by atoms with E-state index in [0.717, 1.165) is 10.8 Å². The molecule has 0 spiro atoms. The molecule has 0 aliphatic carbocycles. The van der Waals surface area contributed by atoms with Gasteiger partial charge in [0, 0.05) is 23.8 Å². The van der Waals surface area contributed by atoms with Crippen LogP contribution in [0, 0.1) is 11.7 Å². The quantitative estimate of drug-likeness (QED) is 0.235. The molecule has 3 atom stereocenters. The molecule has 1 aromatic heterocycles. The zero-order valence-electron chi connectivity index (χ0n) is 24.4. The van der Waals surface area contributed by atoms with Gasteiger partial charge in [-0.25, -0.2) is 17.8 Å². The number of benzene rings is 3. The molecule has 230 valence electrons. The molecular weight excluding hydrogens is 587 g/mol. The number of aromatic nitrogens is 1. The van der Waals surface area contributed by atoms with Crippen LogP contribution in [0.25, 0.3) is 10.8 Å². The molecule has 4 aromatic rings. The number of amides is 1. The summed E-state index contributed by atoms with van der Waals surface area (Å²) in [7, 11) is -2.51. The number of likely N-dealkylation sites (tertiary alicyclic amines) is 1. The van der Waals surface area contributed by atoms with Crippen molar-refractivity contribution in [3.8, 4) is 5.75 Å². The summed E-state index contributed by atoms with van der Waals surface area (Å²) in [4.78, 5) is 32.5. The number of hydrogen-bond acceptors (Lipinski definition) is 8. The number of halogens is 1. The van der Waals surface area contributed by atoms with Crippen LogP contribution in [0.4, 0.5) is 15.9 Å². The minimum absolute atomic E-state index is 0.0142. The van der Waals surface area contributed by atoms with Crippen molar-refractivity contribution >= 4 is 44.0 Å². The molecule has 0 unspecified atom stereocenters. The SMILES string of the molecule is COc1cc([C@H](Nc2ccc3c(N)nccc3c2)C(=O)N2CC[C@@H](C(=O)O)[C@H]2c2ccccc2S(=O)(=O)C(C)C)ccc1F. The molecule has 1 aliphatic rings. The average molecular weight is 621 g/mol. The lowest BCUT2D eigenvalue weighted by Crippen LogP contribution is -2.40. The van der Waals surface area contributed by atoms with Crippen LogP contribution in [0.5, 0.6) is 5.75 Å². The number of anilines is 2. The molecule has 0 bridgehead atoms. The van der Waals surface area contributed by atoms with Crippen molar-refractivity contribution in [3.05, 3.63) is 89.9 Å². The lowest BCUT2D eigenvalue weighted by molar-refractivity contribution is -0.143. The van der Waals surface area contributed by atoms with E-state index in [1.807, 2.05) is 0 Å². The van der Waals surface area contributed by atoms with Gasteiger partial charge < -0.3 is 25.8 Å². The number of pyridine rings is 1. The van der Waals surface area contributed by atoms with Crippen LogP contribution in [-0.2, 0) is 19.4 Å². The van der Waals surface area contributed by atoms with E-state index in [1.165, 1.54) is 36.3 Å². The predicted octanol–water partition coefficient (Wildman–Crippen LogP) is 4.97. The van der Waals surface area contributed by atoms with Gasteiger partial charge in [-0.15, -0.1) is 0 Å². The van der Waals surface area contributed by atoms with E-state index in [2.05, 4.69) is 10.3 Å². The van der Waals surface area contributed by atoms with Crippen molar-refractivity contribution in [2.24, 2.45) is 5.92 Å². The topological polar surface area (TPSA) is 152 Å². The third kappa shape index (κ3) is 5.64. The summed E-state index contributed by atoms with van der Waals surface area (Å²) in [5.41, 5.74) is 7.16. The number of rotatable bonds is 9. The van der Waals surface area contributed by atoms with Crippen LogP contribution in [0.15, 0.2) is 77.8 Å². The van der Waals surface area contributed by atoms with Crippen molar-refractivity contribution < 1.29 is 32.2 Å². The molecule has 44 heavy (non-hydrogen) atoms. The van der Waals surface area contributed by atoms with E-state index in [0.29, 0.717) is 17.1 Å². The standard InChI is InChI=1S/C32H33FN4O6S/c1-18(2)44(41,42)27-7-5-4-6-23(27)29-24(32(39)40)13-15-37(29)31(38)28(20-8-11-25(33)26(17-20)43-3)36-21-9-10-22-19(16-21)12-14-35-30(22)34/h4-12,14,16-18,24,28-29,36H,13,15H2,1-3H3,(H2,34,35)(H,39,40)/t24-,28+,29-/m1/s1. The number of aliphatic carboxylic acids is 1. The van der Waals surface area contributed by atoms with Gasteiger partial charge in [-0.1, -0.05) is 24.3 Å². The van der Waals surface area contributed by atoms with E-state index in [9.17, 15) is 27.5 Å². The third-order valence-electron chi connectivity index (χ3n) is 8.02. The molecule has 12 heteroatoms. The monoisotopic (exact) mass is 620 g/mol. The van der Waals surface area contributed by atoms with Gasteiger partial charge in [-0.2, -0.15) is 0 Å². The summed E-state index contributed by atoms with van der Waals surface area (Å²) >= 11 is 0. The number of nitrogens with two attached hydrogens (primary N) is 1. The van der Waals surface area contributed by atoms with Crippen LogP contribution in [-0.4, -0.2) is 54.2 Å². The number of methoxy groups -OCH3 is 1. The highest BCUT2D eigenvalue weighted by Crippen LogP contribution is 2.43. The highest BCUT2D eigenvalue weighted by Gasteiger charge is 2.46. The number of carboxylic acid groups (broad SMARTS) is 1. The van der Waals surface area contributed by atoms with Crippen LogP contribution in [0.3, 0.4) is 0 Å². The Morgan fingerprint density at radius 3 is 2.57 bits per heavy atom. The second-order valence-corrected chi connectivity index (χ2v) is 13.4. The zero-order valence-corrected chi connectivity index (χ0v) is 25.2. The van der Waals surface area contributed by atoms with Crippen molar-refractivity contribution in [2.75, 3.05) is 24.7 Å². The Bertz CT molecular complexity index is 1850. The second kappa shape index (κ2) is 12.1. The number of carbonyl (C=O) groups is 2. The van der Waals surface area contributed by atoms with Crippen molar-refractivity contribution in [2.45, 2.75) is 42.5 Å². The Morgan fingerprint density at radius 1 is 1.11 bits per heavy atom. The Morgan fingerprint density at radius 2 is 1.86 bits per heavy atom. The van der Waals surface area contributed by atoms with Gasteiger partial charge in [-0.3, -0.25) is 9.59 Å². The predicted molar refractivity (Wildman–Crippen MR) is 164 cm³/mol. The number of carbonyl (C=O) groups excluding carboxylic acids is 1. The third-order valence-corrected chi connectivity index (χ3v) is 10.3. The number of nitrogen functional groups attached to an aromatic ring is 1. The number of nitrogens with one attached hydrogen (secondary N) is 1. The van der Waals surface area contributed by atoms with Gasteiger partial charge in [0.25, 0.3) is 0 Å². The van der Waals surface area contributed by atoms with Gasteiger partial charge in [0.05, 0.1) is 29.2 Å². The van der Waals surface area contributed by atoms with E-state index in [1.54, 1.807) is 62.5 Å². The van der Waals surface area contributed by atoms with E-state index in [4.69, 9.17) is 10.5 Å².